The van der Waals surface area contributed by atoms with Crippen LogP contribution in [0.5, 0.6) is 0 Å². The molecule has 0 fully saturated rings. The van der Waals surface area contributed by atoms with Gasteiger partial charge in [-0.1, -0.05) is 11.6 Å². The summed E-state index contributed by atoms with van der Waals surface area (Å²) in [5.41, 5.74) is 0.493. The predicted octanol–water partition coefficient (Wildman–Crippen LogP) is 3.51. The van der Waals surface area contributed by atoms with Crippen LogP contribution in [0.25, 0.3) is 0 Å². The Morgan fingerprint density at radius 2 is 1.95 bits per heavy atom. The molecule has 0 saturated heterocycles. The van der Waals surface area contributed by atoms with Crippen LogP contribution in [0.4, 0.5) is 13.2 Å². The van der Waals surface area contributed by atoms with Crippen molar-refractivity contribution in [3.05, 3.63) is 40.7 Å². The van der Waals surface area contributed by atoms with Gasteiger partial charge in [0.1, 0.15) is 5.41 Å². The van der Waals surface area contributed by atoms with Crippen molar-refractivity contribution in [2.24, 2.45) is 0 Å². The second-order valence-electron chi connectivity index (χ2n) is 5.93. The van der Waals surface area contributed by atoms with Crippen LogP contribution in [-0.2, 0) is 27.8 Å². The quantitative estimate of drug-likeness (QED) is 0.619. The first-order valence-corrected chi connectivity index (χ1v) is 6.98. The summed E-state index contributed by atoms with van der Waals surface area (Å²) in [4.78, 5) is 15.5. The number of ether oxygens (including phenoxy) is 1. The second-order valence-corrected chi connectivity index (χ2v) is 5.93. The summed E-state index contributed by atoms with van der Waals surface area (Å²) in [6.07, 6.45) is -1.26. The van der Waals surface area contributed by atoms with Crippen molar-refractivity contribution < 1.29 is 22.7 Å². The molecule has 3 nitrogen and oxygen atoms in total. The second kappa shape index (κ2) is 5.74. The number of nitrogens with zero attached hydrogens (tertiary/aromatic N) is 1. The van der Waals surface area contributed by atoms with E-state index in [1.807, 2.05) is 0 Å². The smallest absolute Gasteiger partial charge is 0.399 e. The number of rotatable bonds is 2. The zero-order chi connectivity index (χ0) is 16.5. The molecule has 0 aromatic carbocycles. The highest BCUT2D eigenvalue weighted by atomic mass is 19.4. The summed E-state index contributed by atoms with van der Waals surface area (Å²) in [5, 5.41) is 0. The van der Waals surface area contributed by atoms with E-state index in [4.69, 9.17) is 0 Å². The van der Waals surface area contributed by atoms with Crippen LogP contribution in [0.15, 0.2) is 23.8 Å². The summed E-state index contributed by atoms with van der Waals surface area (Å²) in [7, 11) is 1.31. The van der Waals surface area contributed by atoms with E-state index in [9.17, 15) is 18.0 Å². The summed E-state index contributed by atoms with van der Waals surface area (Å²) < 4.78 is 43.9. The molecule has 0 amide bonds. The molecular weight excluding hydrogens is 295 g/mol. The number of carbonyl (C=O) groups is 1. The molecule has 0 atom stereocenters. The van der Waals surface area contributed by atoms with Crippen LogP contribution in [-0.4, -0.2) is 24.2 Å². The zero-order valence-corrected chi connectivity index (χ0v) is 12.8. The molecule has 6 heteroatoms. The van der Waals surface area contributed by atoms with E-state index < -0.39 is 17.6 Å². The Kier molecular flexibility index (Phi) is 4.31. The number of hydrogen-bond acceptors (Lipinski definition) is 3. The maximum atomic E-state index is 13.1. The standard InChI is InChI=1S/C16H18F3NO2/c1-15(2,16(17,18)19)13-7-5-11-8-10(9-14(21)22-3)4-6-12(11)20-13/h5,7,9H,4,6,8H2,1-3H3/b10-9+. The molecule has 0 unspecified atom stereocenters. The Morgan fingerprint density at radius 3 is 2.55 bits per heavy atom. The monoisotopic (exact) mass is 313 g/mol. The van der Waals surface area contributed by atoms with Gasteiger partial charge < -0.3 is 4.74 Å². The minimum absolute atomic E-state index is 0.0270. The molecule has 0 bridgehead atoms. The van der Waals surface area contributed by atoms with E-state index in [1.54, 1.807) is 6.07 Å². The number of aryl methyl sites for hydroxylation is 1. The average molecular weight is 313 g/mol. The van der Waals surface area contributed by atoms with Crippen LogP contribution in [0.3, 0.4) is 0 Å². The number of hydrogen-bond donors (Lipinski definition) is 0. The van der Waals surface area contributed by atoms with Gasteiger partial charge in [0.15, 0.2) is 0 Å². The molecule has 120 valence electrons. The van der Waals surface area contributed by atoms with Crippen LogP contribution >= 0.6 is 0 Å². The minimum atomic E-state index is -4.35. The molecule has 1 aliphatic rings. The highest BCUT2D eigenvalue weighted by molar-refractivity contribution is 5.82. The van der Waals surface area contributed by atoms with E-state index in [0.717, 1.165) is 25.0 Å². The third-order valence-corrected chi connectivity index (χ3v) is 4.04. The lowest BCUT2D eigenvalue weighted by Crippen LogP contribution is -2.37. The molecule has 0 spiro atoms. The molecule has 2 rings (SSSR count). The van der Waals surface area contributed by atoms with Gasteiger partial charge in [-0.3, -0.25) is 4.98 Å². The number of halogens is 3. The zero-order valence-electron chi connectivity index (χ0n) is 12.8. The largest absolute Gasteiger partial charge is 0.466 e. The maximum absolute atomic E-state index is 13.1. The Bertz CT molecular complexity index is 618. The van der Waals surface area contributed by atoms with Crippen molar-refractivity contribution >= 4 is 5.97 Å². The van der Waals surface area contributed by atoms with E-state index in [-0.39, 0.29) is 5.69 Å². The number of alkyl halides is 3. The fourth-order valence-corrected chi connectivity index (χ4v) is 2.36. The fourth-order valence-electron chi connectivity index (χ4n) is 2.36. The van der Waals surface area contributed by atoms with Gasteiger partial charge in [0.05, 0.1) is 12.8 Å². The molecule has 1 aromatic heterocycles. The minimum Gasteiger partial charge on any atom is -0.466 e. The Labute approximate surface area is 127 Å². The Morgan fingerprint density at radius 1 is 1.27 bits per heavy atom. The molecule has 0 N–H and O–H groups in total. The van der Waals surface area contributed by atoms with Crippen molar-refractivity contribution in [2.75, 3.05) is 7.11 Å². The van der Waals surface area contributed by atoms with Crippen molar-refractivity contribution in [1.82, 2.24) is 4.98 Å². The number of allylic oxidation sites excluding steroid dienone is 1. The van der Waals surface area contributed by atoms with Gasteiger partial charge in [0.2, 0.25) is 0 Å². The molecule has 1 aromatic rings. The number of esters is 1. The van der Waals surface area contributed by atoms with E-state index in [2.05, 4.69) is 9.72 Å². The molecule has 22 heavy (non-hydrogen) atoms. The van der Waals surface area contributed by atoms with Crippen LogP contribution in [0.1, 0.15) is 37.2 Å². The van der Waals surface area contributed by atoms with Crippen molar-refractivity contribution in [3.63, 3.8) is 0 Å². The third-order valence-electron chi connectivity index (χ3n) is 4.04. The molecular formula is C16H18F3NO2. The number of pyridine rings is 1. The van der Waals surface area contributed by atoms with Crippen molar-refractivity contribution in [2.45, 2.75) is 44.7 Å². The first-order valence-electron chi connectivity index (χ1n) is 6.98. The third kappa shape index (κ3) is 3.15. The predicted molar refractivity (Wildman–Crippen MR) is 75.4 cm³/mol. The molecule has 1 heterocycles. The van der Waals surface area contributed by atoms with Crippen LogP contribution < -0.4 is 0 Å². The molecule has 1 aliphatic carbocycles. The lowest BCUT2D eigenvalue weighted by Gasteiger charge is -2.28. The topological polar surface area (TPSA) is 39.2 Å². The average Bonchev–Trinajstić information content (AvgIpc) is 2.45. The SMILES string of the molecule is COC(=O)/C=C1\CCc2nc(C(C)(C)C(F)(F)F)ccc2C1. The molecule has 0 radical (unpaired) electrons. The van der Waals surface area contributed by atoms with Gasteiger partial charge in [-0.2, -0.15) is 13.2 Å². The first-order chi connectivity index (χ1) is 10.1. The van der Waals surface area contributed by atoms with E-state index in [0.29, 0.717) is 25.0 Å². The number of methoxy groups -OCH3 is 1. The van der Waals surface area contributed by atoms with Crippen molar-refractivity contribution in [1.29, 1.82) is 0 Å². The number of carbonyl (C=O) groups excluding carboxylic acids is 1. The van der Waals surface area contributed by atoms with Gasteiger partial charge in [-0.25, -0.2) is 4.79 Å². The Hall–Kier alpha value is -1.85. The lowest BCUT2D eigenvalue weighted by atomic mass is 9.85. The van der Waals surface area contributed by atoms with Gasteiger partial charge >= 0.3 is 12.1 Å². The normalized spacial score (nSPS) is 17.3. The summed E-state index contributed by atoms with van der Waals surface area (Å²) in [5.74, 6) is -0.416. The van der Waals surface area contributed by atoms with E-state index >= 15 is 0 Å². The van der Waals surface area contributed by atoms with Gasteiger partial charge in [-0.15, -0.1) is 0 Å². The first kappa shape index (κ1) is 16.5. The van der Waals surface area contributed by atoms with E-state index in [1.165, 1.54) is 19.3 Å². The summed E-state index contributed by atoms with van der Waals surface area (Å²) >= 11 is 0. The highest BCUT2D eigenvalue weighted by Gasteiger charge is 2.49. The maximum Gasteiger partial charge on any atom is 0.399 e. The summed E-state index contributed by atoms with van der Waals surface area (Å²) in [6, 6.07) is 3.10. The lowest BCUT2D eigenvalue weighted by molar-refractivity contribution is -0.181. The Balaban J connectivity index is 2.29. The molecule has 0 aliphatic heterocycles. The van der Waals surface area contributed by atoms with Crippen LogP contribution in [0, 0.1) is 0 Å². The van der Waals surface area contributed by atoms with Gasteiger partial charge in [-0.05, 0) is 44.7 Å². The molecule has 0 saturated carbocycles. The number of aromatic nitrogens is 1. The van der Waals surface area contributed by atoms with Crippen molar-refractivity contribution in [3.8, 4) is 0 Å². The van der Waals surface area contributed by atoms with Gasteiger partial charge in [0.25, 0.3) is 0 Å². The number of fused-ring (bicyclic) bond motifs is 1. The summed E-state index contributed by atoms with van der Waals surface area (Å²) in [6.45, 7) is 2.26. The fraction of sp³-hybridized carbons (Fsp3) is 0.500. The van der Waals surface area contributed by atoms with Crippen LogP contribution in [0.2, 0.25) is 0 Å². The van der Waals surface area contributed by atoms with Gasteiger partial charge in [0, 0.05) is 11.8 Å². The highest BCUT2D eigenvalue weighted by Crippen LogP contribution is 2.40.